The number of para-hydroxylation sites is 1. The fourth-order valence-corrected chi connectivity index (χ4v) is 1.35. The monoisotopic (exact) mass is 216 g/mol. The molecule has 0 unspecified atom stereocenters. The highest BCUT2D eigenvalue weighted by Crippen LogP contribution is 2.16. The van der Waals surface area contributed by atoms with E-state index in [1.54, 1.807) is 0 Å². The Morgan fingerprint density at radius 2 is 2.12 bits per heavy atom. The van der Waals surface area contributed by atoms with Crippen LogP contribution in [0.15, 0.2) is 34.2 Å². The van der Waals surface area contributed by atoms with Gasteiger partial charge >= 0.3 is 5.69 Å². The summed E-state index contributed by atoms with van der Waals surface area (Å²) >= 11 is 0. The number of nitrogens with one attached hydrogen (secondary N) is 2. The van der Waals surface area contributed by atoms with Crippen LogP contribution in [0.4, 0.5) is 5.82 Å². The van der Waals surface area contributed by atoms with Gasteiger partial charge in [-0.25, -0.2) is 4.79 Å². The SMILES string of the molecule is CC(C)=NNc1nc(=O)[nH]c2ccccc12. The van der Waals surface area contributed by atoms with Crippen molar-refractivity contribution in [3.8, 4) is 0 Å². The third kappa shape index (κ3) is 2.08. The number of rotatable bonds is 2. The van der Waals surface area contributed by atoms with Crippen LogP contribution in [-0.2, 0) is 0 Å². The van der Waals surface area contributed by atoms with Crippen LogP contribution < -0.4 is 11.1 Å². The molecule has 0 spiro atoms. The zero-order valence-electron chi connectivity index (χ0n) is 9.11. The molecule has 5 heteroatoms. The average Bonchev–Trinajstić information content (AvgIpc) is 2.25. The first kappa shape index (κ1) is 10.4. The number of hydrogen-bond acceptors (Lipinski definition) is 4. The van der Waals surface area contributed by atoms with Gasteiger partial charge in [-0.3, -0.25) is 5.43 Å². The maximum absolute atomic E-state index is 11.3. The molecule has 2 N–H and O–H groups in total. The lowest BCUT2D eigenvalue weighted by Gasteiger charge is -2.03. The van der Waals surface area contributed by atoms with Crippen LogP contribution in [0, 0.1) is 0 Å². The van der Waals surface area contributed by atoms with Crippen LogP contribution in [0.1, 0.15) is 13.8 Å². The average molecular weight is 216 g/mol. The van der Waals surface area contributed by atoms with Crippen molar-refractivity contribution in [2.75, 3.05) is 5.43 Å². The smallest absolute Gasteiger partial charge is 0.305 e. The summed E-state index contributed by atoms with van der Waals surface area (Å²) in [6.07, 6.45) is 0. The van der Waals surface area contributed by atoms with Gasteiger partial charge in [-0.15, -0.1) is 0 Å². The minimum Gasteiger partial charge on any atom is -0.305 e. The van der Waals surface area contributed by atoms with E-state index in [1.165, 1.54) is 0 Å². The summed E-state index contributed by atoms with van der Waals surface area (Å²) in [5, 5.41) is 4.88. The standard InChI is InChI=1S/C11H12N4O/c1-7(2)14-15-10-8-5-3-4-6-9(8)12-11(16)13-10/h3-6H,1-2H3,(H2,12,13,15,16). The van der Waals surface area contributed by atoms with Crippen molar-refractivity contribution in [3.63, 3.8) is 0 Å². The van der Waals surface area contributed by atoms with E-state index in [0.717, 1.165) is 16.6 Å². The summed E-state index contributed by atoms with van der Waals surface area (Å²) in [4.78, 5) is 17.8. The molecule has 5 nitrogen and oxygen atoms in total. The Kier molecular flexibility index (Phi) is 2.68. The van der Waals surface area contributed by atoms with E-state index in [4.69, 9.17) is 0 Å². The zero-order chi connectivity index (χ0) is 11.5. The highest BCUT2D eigenvalue weighted by molar-refractivity contribution is 5.89. The van der Waals surface area contributed by atoms with Crippen LogP contribution >= 0.6 is 0 Å². The molecular formula is C11H12N4O. The van der Waals surface area contributed by atoms with Gasteiger partial charge in [0.25, 0.3) is 0 Å². The van der Waals surface area contributed by atoms with Crippen molar-refractivity contribution >= 4 is 22.4 Å². The molecule has 0 aliphatic heterocycles. The molecule has 1 aromatic carbocycles. The molecule has 0 aliphatic carbocycles. The van der Waals surface area contributed by atoms with Crippen molar-refractivity contribution in [1.29, 1.82) is 0 Å². The molecule has 1 aromatic heterocycles. The van der Waals surface area contributed by atoms with Gasteiger partial charge in [0.2, 0.25) is 0 Å². The molecule has 0 radical (unpaired) electrons. The molecule has 0 fully saturated rings. The second-order valence-electron chi connectivity index (χ2n) is 3.61. The van der Waals surface area contributed by atoms with Gasteiger partial charge in [-0.2, -0.15) is 10.1 Å². The number of aromatic amines is 1. The van der Waals surface area contributed by atoms with E-state index in [1.807, 2.05) is 38.1 Å². The Labute approximate surface area is 92.2 Å². The fourth-order valence-electron chi connectivity index (χ4n) is 1.35. The van der Waals surface area contributed by atoms with Gasteiger partial charge in [-0.05, 0) is 26.0 Å². The number of anilines is 1. The molecule has 0 saturated carbocycles. The van der Waals surface area contributed by atoms with Crippen LogP contribution in [-0.4, -0.2) is 15.7 Å². The lowest BCUT2D eigenvalue weighted by Crippen LogP contribution is -2.12. The number of benzene rings is 1. The van der Waals surface area contributed by atoms with E-state index in [0.29, 0.717) is 5.82 Å². The molecule has 0 amide bonds. The van der Waals surface area contributed by atoms with Gasteiger partial charge in [0.05, 0.1) is 5.52 Å². The Balaban J connectivity index is 2.59. The Morgan fingerprint density at radius 3 is 2.88 bits per heavy atom. The zero-order valence-corrected chi connectivity index (χ0v) is 9.11. The normalized spacial score (nSPS) is 10.1. The summed E-state index contributed by atoms with van der Waals surface area (Å²) in [5.41, 5.74) is 4.01. The minimum absolute atomic E-state index is 0.384. The van der Waals surface area contributed by atoms with Gasteiger partial charge < -0.3 is 4.98 Å². The first-order chi connectivity index (χ1) is 7.66. The highest BCUT2D eigenvalue weighted by atomic mass is 16.1. The molecule has 0 saturated heterocycles. The Hall–Kier alpha value is -2.17. The van der Waals surface area contributed by atoms with Crippen LogP contribution in [0.3, 0.4) is 0 Å². The summed E-state index contributed by atoms with van der Waals surface area (Å²) < 4.78 is 0. The lowest BCUT2D eigenvalue weighted by molar-refractivity contribution is 1.10. The van der Waals surface area contributed by atoms with Gasteiger partial charge in [0.15, 0.2) is 5.82 Å². The molecular weight excluding hydrogens is 204 g/mol. The van der Waals surface area contributed by atoms with Crippen molar-refractivity contribution in [3.05, 3.63) is 34.7 Å². The fraction of sp³-hybridized carbons (Fsp3) is 0.182. The van der Waals surface area contributed by atoms with Crippen molar-refractivity contribution in [2.24, 2.45) is 5.10 Å². The van der Waals surface area contributed by atoms with Gasteiger partial charge in [-0.1, -0.05) is 12.1 Å². The predicted molar refractivity (Wildman–Crippen MR) is 64.8 cm³/mol. The topological polar surface area (TPSA) is 70.1 Å². The van der Waals surface area contributed by atoms with Crippen LogP contribution in [0.25, 0.3) is 10.9 Å². The molecule has 0 aliphatic rings. The lowest BCUT2D eigenvalue weighted by atomic mass is 10.2. The number of nitrogens with zero attached hydrogens (tertiary/aromatic N) is 2. The quantitative estimate of drug-likeness (QED) is 0.593. The predicted octanol–water partition coefficient (Wildman–Crippen LogP) is 1.73. The van der Waals surface area contributed by atoms with Crippen molar-refractivity contribution < 1.29 is 0 Å². The molecule has 82 valence electrons. The van der Waals surface area contributed by atoms with Crippen LogP contribution in [0.5, 0.6) is 0 Å². The van der Waals surface area contributed by atoms with E-state index >= 15 is 0 Å². The van der Waals surface area contributed by atoms with Crippen molar-refractivity contribution in [2.45, 2.75) is 13.8 Å². The number of H-pyrrole nitrogens is 1. The molecule has 16 heavy (non-hydrogen) atoms. The maximum atomic E-state index is 11.3. The van der Waals surface area contributed by atoms with E-state index < -0.39 is 0 Å². The number of fused-ring (bicyclic) bond motifs is 1. The first-order valence-corrected chi connectivity index (χ1v) is 4.93. The second kappa shape index (κ2) is 4.14. The molecule has 2 aromatic rings. The molecule has 2 rings (SSSR count). The van der Waals surface area contributed by atoms with E-state index in [9.17, 15) is 4.79 Å². The van der Waals surface area contributed by atoms with E-state index in [2.05, 4.69) is 20.5 Å². The first-order valence-electron chi connectivity index (χ1n) is 4.93. The summed E-state index contributed by atoms with van der Waals surface area (Å²) in [7, 11) is 0. The van der Waals surface area contributed by atoms with Crippen LogP contribution in [0.2, 0.25) is 0 Å². The highest BCUT2D eigenvalue weighted by Gasteiger charge is 2.02. The molecule has 0 atom stereocenters. The summed E-state index contributed by atoms with van der Waals surface area (Å²) in [5.74, 6) is 0.473. The Bertz CT molecular complexity index is 596. The third-order valence-electron chi connectivity index (χ3n) is 2.02. The second-order valence-corrected chi connectivity index (χ2v) is 3.61. The minimum atomic E-state index is -0.384. The van der Waals surface area contributed by atoms with E-state index in [-0.39, 0.29) is 5.69 Å². The van der Waals surface area contributed by atoms with Crippen molar-refractivity contribution in [1.82, 2.24) is 9.97 Å². The summed E-state index contributed by atoms with van der Waals surface area (Å²) in [6.45, 7) is 3.73. The largest absolute Gasteiger partial charge is 0.347 e. The number of hydrazone groups is 1. The number of aromatic nitrogens is 2. The molecule has 0 bridgehead atoms. The molecule has 1 heterocycles. The van der Waals surface area contributed by atoms with Gasteiger partial charge in [0, 0.05) is 11.1 Å². The number of hydrogen-bond donors (Lipinski definition) is 2. The van der Waals surface area contributed by atoms with Gasteiger partial charge in [0.1, 0.15) is 0 Å². The summed E-state index contributed by atoms with van der Waals surface area (Å²) in [6, 6.07) is 7.44. The third-order valence-corrected chi connectivity index (χ3v) is 2.02. The Morgan fingerprint density at radius 1 is 1.38 bits per heavy atom. The maximum Gasteiger partial charge on any atom is 0.347 e.